The molecule has 0 unspecified atom stereocenters. The Morgan fingerprint density at radius 1 is 0.800 bits per heavy atom. The smallest absolute Gasteiger partial charge is 0.343 e. The lowest BCUT2D eigenvalue weighted by Crippen LogP contribution is -2.39. The maximum absolute atomic E-state index is 11.2. The number of rotatable bonds is 1. The highest BCUT2D eigenvalue weighted by molar-refractivity contribution is 6.41. The molecule has 1 aliphatic heterocycles. The van der Waals surface area contributed by atoms with Gasteiger partial charge in [0.05, 0.1) is 0 Å². The van der Waals surface area contributed by atoms with Crippen LogP contribution >= 0.6 is 0 Å². The first-order chi connectivity index (χ1) is 8.87. The minimum absolute atomic E-state index is 0.225. The summed E-state index contributed by atoms with van der Waals surface area (Å²) in [4.78, 5) is 31.7. The van der Waals surface area contributed by atoms with E-state index in [4.69, 9.17) is 0 Å². The predicted molar refractivity (Wildman–Crippen MR) is 53.6 cm³/mol. The van der Waals surface area contributed by atoms with Crippen molar-refractivity contribution in [1.82, 2.24) is 4.90 Å². The third-order valence-corrected chi connectivity index (χ3v) is 2.27. The molecule has 1 heterocycles. The van der Waals surface area contributed by atoms with E-state index in [9.17, 15) is 40.7 Å². The van der Waals surface area contributed by atoms with Crippen molar-refractivity contribution < 1.29 is 40.7 Å². The normalized spacial score (nSPS) is 15.4. The van der Waals surface area contributed by atoms with Gasteiger partial charge in [-0.2, -0.15) is 26.3 Å². The highest BCUT2D eigenvalue weighted by Gasteiger charge is 2.54. The summed E-state index contributed by atoms with van der Waals surface area (Å²) in [7, 11) is 0. The zero-order valence-electron chi connectivity index (χ0n) is 10.3. The van der Waals surface area contributed by atoms with Gasteiger partial charge in [-0.05, 0) is 12.8 Å². The molecule has 0 N–H and O–H groups in total. The molecule has 1 aliphatic rings. The van der Waals surface area contributed by atoms with Crippen molar-refractivity contribution in [2.24, 2.45) is 0 Å². The fourth-order valence-electron chi connectivity index (χ4n) is 1.29. The van der Waals surface area contributed by atoms with Gasteiger partial charge in [0.2, 0.25) is 5.91 Å². The van der Waals surface area contributed by atoms with E-state index in [2.05, 4.69) is 0 Å². The highest BCUT2D eigenvalue weighted by Crippen LogP contribution is 2.23. The lowest BCUT2D eigenvalue weighted by Gasteiger charge is -2.10. The van der Waals surface area contributed by atoms with Crippen LogP contribution in [0.4, 0.5) is 26.3 Å². The Kier molecular flexibility index (Phi) is 6.17. The van der Waals surface area contributed by atoms with Gasteiger partial charge < -0.3 is 4.90 Å². The highest BCUT2D eigenvalue weighted by atomic mass is 19.4. The van der Waals surface area contributed by atoms with E-state index in [0.29, 0.717) is 0 Å². The zero-order chi connectivity index (χ0) is 16.1. The summed E-state index contributed by atoms with van der Waals surface area (Å²) in [6.45, 7) is 3.59. The first-order valence-corrected chi connectivity index (χ1v) is 5.35. The predicted octanol–water partition coefficient (Wildman–Crippen LogP) is 1.88. The van der Waals surface area contributed by atoms with Gasteiger partial charge in [-0.1, -0.05) is 0 Å². The monoisotopic (exact) mass is 307 g/mol. The average molecular weight is 307 g/mol. The second kappa shape index (κ2) is 6.71. The van der Waals surface area contributed by atoms with Gasteiger partial charge in [-0.25, -0.2) is 0 Å². The second-order valence-electron chi connectivity index (χ2n) is 3.87. The number of carbonyl (C=O) groups excluding carboxylic acids is 3. The molecular formula is C10H11F6NO3. The van der Waals surface area contributed by atoms with Crippen LogP contribution in [0.25, 0.3) is 0 Å². The molecule has 0 aromatic carbocycles. The number of nitrogens with zero attached hydrogens (tertiary/aromatic N) is 1. The Labute approximate surface area is 109 Å². The van der Waals surface area contributed by atoms with Crippen LogP contribution in [0.3, 0.4) is 0 Å². The van der Waals surface area contributed by atoms with Crippen LogP contribution < -0.4 is 0 Å². The molecule has 1 saturated heterocycles. The second-order valence-corrected chi connectivity index (χ2v) is 3.87. The summed E-state index contributed by atoms with van der Waals surface area (Å²) >= 11 is 0. The third-order valence-electron chi connectivity index (χ3n) is 2.27. The molecule has 1 rings (SSSR count). The maximum Gasteiger partial charge on any atom is 0.458 e. The largest absolute Gasteiger partial charge is 0.458 e. The molecular weight excluding hydrogens is 296 g/mol. The molecule has 0 saturated carbocycles. The number of hydrogen-bond acceptors (Lipinski definition) is 3. The number of halogens is 6. The van der Waals surface area contributed by atoms with Crippen molar-refractivity contribution in [2.75, 3.05) is 13.1 Å². The quantitative estimate of drug-likeness (QED) is 0.549. The summed E-state index contributed by atoms with van der Waals surface area (Å²) in [5, 5.41) is 0. The van der Waals surface area contributed by atoms with E-state index in [1.54, 1.807) is 6.92 Å². The summed E-state index contributed by atoms with van der Waals surface area (Å²) in [5.41, 5.74) is 0. The molecule has 1 amide bonds. The van der Waals surface area contributed by atoms with Crippen molar-refractivity contribution in [3.05, 3.63) is 0 Å². The van der Waals surface area contributed by atoms with Crippen molar-refractivity contribution >= 4 is 17.5 Å². The lowest BCUT2D eigenvalue weighted by atomic mass is 10.2. The number of Topliss-reactive ketones (excluding diaryl/α,β-unsaturated/α-hetero) is 2. The van der Waals surface area contributed by atoms with E-state index in [-0.39, 0.29) is 5.91 Å². The molecule has 0 atom stereocenters. The number of carbonyl (C=O) groups is 3. The van der Waals surface area contributed by atoms with Gasteiger partial charge >= 0.3 is 23.9 Å². The van der Waals surface area contributed by atoms with Gasteiger partial charge in [-0.3, -0.25) is 14.4 Å². The molecule has 0 aliphatic carbocycles. The molecule has 0 aromatic rings. The van der Waals surface area contributed by atoms with Crippen LogP contribution in [0.1, 0.15) is 19.8 Å². The van der Waals surface area contributed by atoms with E-state index < -0.39 is 23.9 Å². The summed E-state index contributed by atoms with van der Waals surface area (Å²) in [5.74, 6) is -6.59. The summed E-state index contributed by atoms with van der Waals surface area (Å²) in [6.07, 6.45) is -9.15. The number of alkyl halides is 6. The molecule has 4 nitrogen and oxygen atoms in total. The number of likely N-dealkylation sites (tertiary alicyclic amines) is 1. The van der Waals surface area contributed by atoms with Crippen molar-refractivity contribution in [3.63, 3.8) is 0 Å². The first kappa shape index (κ1) is 18.4. The van der Waals surface area contributed by atoms with Crippen molar-refractivity contribution in [3.8, 4) is 0 Å². The molecule has 0 spiro atoms. The molecule has 1 fully saturated rings. The fourth-order valence-corrected chi connectivity index (χ4v) is 1.29. The standard InChI is InChI=1S/C6H11NO.C4F6O2/c1-6(8)7-4-2-3-5-7;5-3(6,7)1(11)2(12)4(8,9)10/h2-5H2,1H3;. The number of ketones is 2. The van der Waals surface area contributed by atoms with E-state index >= 15 is 0 Å². The van der Waals surface area contributed by atoms with Crippen LogP contribution in [-0.2, 0) is 14.4 Å². The fraction of sp³-hybridized carbons (Fsp3) is 0.700. The molecule has 0 bridgehead atoms. The minimum Gasteiger partial charge on any atom is -0.343 e. The zero-order valence-corrected chi connectivity index (χ0v) is 10.3. The molecule has 0 aromatic heterocycles. The Bertz CT molecular complexity index is 357. The minimum atomic E-state index is -5.77. The van der Waals surface area contributed by atoms with E-state index in [1.165, 1.54) is 12.8 Å². The van der Waals surface area contributed by atoms with Gasteiger partial charge in [-0.15, -0.1) is 0 Å². The Hall–Kier alpha value is -1.61. The molecule has 20 heavy (non-hydrogen) atoms. The maximum atomic E-state index is 11.2. The first-order valence-electron chi connectivity index (χ1n) is 5.35. The van der Waals surface area contributed by atoms with E-state index in [1.807, 2.05) is 4.90 Å². The van der Waals surface area contributed by atoms with Crippen molar-refractivity contribution in [1.29, 1.82) is 0 Å². The van der Waals surface area contributed by atoms with Crippen LogP contribution in [0.5, 0.6) is 0 Å². The van der Waals surface area contributed by atoms with Crippen LogP contribution in [0.15, 0.2) is 0 Å². The van der Waals surface area contributed by atoms with Crippen LogP contribution in [-0.4, -0.2) is 47.8 Å². The van der Waals surface area contributed by atoms with Crippen LogP contribution in [0.2, 0.25) is 0 Å². The van der Waals surface area contributed by atoms with Gasteiger partial charge in [0.25, 0.3) is 0 Å². The molecule has 0 radical (unpaired) electrons. The molecule has 10 heteroatoms. The number of hydrogen-bond donors (Lipinski definition) is 0. The van der Waals surface area contributed by atoms with Crippen molar-refractivity contribution in [2.45, 2.75) is 32.1 Å². The third kappa shape index (κ3) is 6.02. The Balaban J connectivity index is 0.000000388. The Morgan fingerprint density at radius 2 is 1.10 bits per heavy atom. The van der Waals surface area contributed by atoms with E-state index in [0.717, 1.165) is 13.1 Å². The summed E-state index contributed by atoms with van der Waals surface area (Å²) in [6, 6.07) is 0. The van der Waals surface area contributed by atoms with Gasteiger partial charge in [0, 0.05) is 20.0 Å². The average Bonchev–Trinajstić information content (AvgIpc) is 2.78. The van der Waals surface area contributed by atoms with Gasteiger partial charge in [0.15, 0.2) is 0 Å². The Morgan fingerprint density at radius 3 is 1.25 bits per heavy atom. The topological polar surface area (TPSA) is 54.5 Å². The molecule has 116 valence electrons. The van der Waals surface area contributed by atoms with Crippen LogP contribution in [0, 0.1) is 0 Å². The number of amides is 1. The SMILES string of the molecule is CC(=O)N1CCCC1.O=C(C(=O)C(F)(F)F)C(F)(F)F. The lowest BCUT2D eigenvalue weighted by molar-refractivity contribution is -0.193. The summed E-state index contributed by atoms with van der Waals surface area (Å²) < 4.78 is 67.0. The van der Waals surface area contributed by atoms with Gasteiger partial charge in [0.1, 0.15) is 0 Å².